The van der Waals surface area contributed by atoms with Gasteiger partial charge < -0.3 is 4.74 Å². The Morgan fingerprint density at radius 1 is 1.50 bits per heavy atom. The van der Waals surface area contributed by atoms with Crippen LogP contribution in [0.5, 0.6) is 5.75 Å². The van der Waals surface area contributed by atoms with Crippen LogP contribution in [0.15, 0.2) is 24.3 Å². The lowest BCUT2D eigenvalue weighted by Gasteiger charge is -1.99. The molecule has 0 fully saturated rings. The van der Waals surface area contributed by atoms with Crippen molar-refractivity contribution in [2.75, 3.05) is 0 Å². The Bertz CT molecular complexity index is 422. The van der Waals surface area contributed by atoms with E-state index in [1.165, 1.54) is 30.3 Å². The zero-order valence-corrected chi connectivity index (χ0v) is 6.84. The molecule has 14 heavy (non-hydrogen) atoms. The van der Waals surface area contributed by atoms with Crippen molar-refractivity contribution in [3.05, 3.63) is 34.4 Å². The topological polar surface area (TPSA) is 93.2 Å². The summed E-state index contributed by atoms with van der Waals surface area (Å²) in [5, 5.41) is 18.6. The van der Waals surface area contributed by atoms with Gasteiger partial charge in [-0.05, 0) is 6.07 Å². The fraction of sp³-hybridized carbons (Fsp3) is 0. The standard InChI is InChI=1S/C8H4N2O4/c9-5-8(11)14-7-4-2-1-3-6(7)10(12)13/h1-4H. The number of nitro benzene ring substituents is 1. The highest BCUT2D eigenvalue weighted by atomic mass is 16.6. The molecule has 0 heterocycles. The van der Waals surface area contributed by atoms with Gasteiger partial charge >= 0.3 is 11.7 Å². The Morgan fingerprint density at radius 3 is 2.71 bits per heavy atom. The van der Waals surface area contributed by atoms with Crippen LogP contribution < -0.4 is 4.74 Å². The van der Waals surface area contributed by atoms with Crippen molar-refractivity contribution in [3.63, 3.8) is 0 Å². The molecule has 6 nitrogen and oxygen atoms in total. The number of esters is 1. The molecular formula is C8H4N2O4. The van der Waals surface area contributed by atoms with Gasteiger partial charge in [0.1, 0.15) is 0 Å². The summed E-state index contributed by atoms with van der Waals surface area (Å²) in [5.41, 5.74) is -0.351. The first-order chi connectivity index (χ1) is 6.65. The molecule has 0 amide bonds. The first-order valence-corrected chi connectivity index (χ1v) is 3.50. The number of nitrogens with zero attached hydrogens (tertiary/aromatic N) is 2. The number of ether oxygens (including phenoxy) is 1. The summed E-state index contributed by atoms with van der Waals surface area (Å²) < 4.78 is 4.41. The molecule has 1 rings (SSSR count). The number of benzene rings is 1. The molecule has 0 N–H and O–H groups in total. The molecule has 0 aromatic heterocycles. The second kappa shape index (κ2) is 4.00. The monoisotopic (exact) mass is 192 g/mol. The van der Waals surface area contributed by atoms with Gasteiger partial charge in [-0.2, -0.15) is 5.26 Å². The summed E-state index contributed by atoms with van der Waals surface area (Å²) in [6.45, 7) is 0. The molecule has 6 heteroatoms. The fourth-order valence-corrected chi connectivity index (χ4v) is 0.817. The molecule has 0 saturated heterocycles. The van der Waals surface area contributed by atoms with E-state index >= 15 is 0 Å². The number of carbonyl (C=O) groups is 1. The largest absolute Gasteiger partial charge is 0.416 e. The summed E-state index contributed by atoms with van der Waals surface area (Å²) in [7, 11) is 0. The summed E-state index contributed by atoms with van der Waals surface area (Å²) in [6, 6.07) is 6.52. The van der Waals surface area contributed by atoms with Crippen molar-refractivity contribution in [1.29, 1.82) is 5.26 Å². The minimum Gasteiger partial charge on any atom is -0.408 e. The maximum atomic E-state index is 10.6. The summed E-state index contributed by atoms with van der Waals surface area (Å²) in [6.07, 6.45) is 0. The Labute approximate surface area is 78.5 Å². The van der Waals surface area contributed by atoms with Crippen LogP contribution in [0.3, 0.4) is 0 Å². The first-order valence-electron chi connectivity index (χ1n) is 3.50. The Hall–Kier alpha value is -2.42. The van der Waals surface area contributed by atoms with Crippen LogP contribution in [0.1, 0.15) is 0 Å². The SMILES string of the molecule is N#CC(=O)Oc1ccccc1[N+](=O)[O-]. The maximum Gasteiger partial charge on any atom is 0.416 e. The lowest BCUT2D eigenvalue weighted by atomic mass is 10.3. The van der Waals surface area contributed by atoms with Gasteiger partial charge in [0, 0.05) is 6.07 Å². The van der Waals surface area contributed by atoms with Crippen LogP contribution in [0.2, 0.25) is 0 Å². The van der Waals surface area contributed by atoms with Crippen LogP contribution in [0, 0.1) is 21.4 Å². The summed E-state index contributed by atoms with van der Waals surface area (Å²) >= 11 is 0. The van der Waals surface area contributed by atoms with Crippen LogP contribution in [-0.2, 0) is 4.79 Å². The Balaban J connectivity index is 3.03. The van der Waals surface area contributed by atoms with Gasteiger partial charge in [-0.15, -0.1) is 0 Å². The first kappa shape index (κ1) is 9.67. The molecule has 1 aromatic carbocycles. The third-order valence-electron chi connectivity index (χ3n) is 1.36. The predicted octanol–water partition coefficient (Wildman–Crippen LogP) is 1.02. The zero-order chi connectivity index (χ0) is 10.6. The molecule has 70 valence electrons. The van der Waals surface area contributed by atoms with Gasteiger partial charge in [0.05, 0.1) is 4.92 Å². The maximum absolute atomic E-state index is 10.6. The molecule has 0 aliphatic heterocycles. The van der Waals surface area contributed by atoms with Crippen LogP contribution in [-0.4, -0.2) is 10.9 Å². The quantitative estimate of drug-likeness (QED) is 0.229. The van der Waals surface area contributed by atoms with Crippen molar-refractivity contribution < 1.29 is 14.5 Å². The van der Waals surface area contributed by atoms with Crippen LogP contribution >= 0.6 is 0 Å². The van der Waals surface area contributed by atoms with Crippen molar-refractivity contribution >= 4 is 11.7 Å². The Morgan fingerprint density at radius 2 is 2.14 bits per heavy atom. The lowest BCUT2D eigenvalue weighted by Crippen LogP contribution is -2.05. The lowest BCUT2D eigenvalue weighted by molar-refractivity contribution is -0.385. The molecule has 0 saturated carbocycles. The Kier molecular flexibility index (Phi) is 2.76. The fourth-order valence-electron chi connectivity index (χ4n) is 0.817. The van der Waals surface area contributed by atoms with Crippen molar-refractivity contribution in [2.45, 2.75) is 0 Å². The third-order valence-corrected chi connectivity index (χ3v) is 1.36. The minimum absolute atomic E-state index is 0.232. The van der Waals surface area contributed by atoms with E-state index in [2.05, 4.69) is 4.74 Å². The number of hydrogen-bond donors (Lipinski definition) is 0. The molecule has 1 aromatic rings. The second-order valence-corrected chi connectivity index (χ2v) is 2.23. The number of para-hydroxylation sites is 2. The third kappa shape index (κ3) is 2.04. The average molecular weight is 192 g/mol. The minimum atomic E-state index is -1.18. The predicted molar refractivity (Wildman–Crippen MR) is 44.3 cm³/mol. The van der Waals surface area contributed by atoms with E-state index in [0.717, 1.165) is 0 Å². The average Bonchev–Trinajstić information content (AvgIpc) is 2.18. The molecule has 0 radical (unpaired) electrons. The van der Waals surface area contributed by atoms with E-state index in [-0.39, 0.29) is 11.4 Å². The van der Waals surface area contributed by atoms with Crippen molar-refractivity contribution in [1.82, 2.24) is 0 Å². The van der Waals surface area contributed by atoms with Crippen molar-refractivity contribution in [2.24, 2.45) is 0 Å². The van der Waals surface area contributed by atoms with E-state index in [9.17, 15) is 14.9 Å². The second-order valence-electron chi connectivity index (χ2n) is 2.23. The smallest absolute Gasteiger partial charge is 0.408 e. The normalized spacial score (nSPS) is 8.79. The molecule has 0 atom stereocenters. The van der Waals surface area contributed by atoms with Gasteiger partial charge in [-0.1, -0.05) is 12.1 Å². The van der Waals surface area contributed by atoms with Crippen LogP contribution in [0.4, 0.5) is 5.69 Å². The van der Waals surface area contributed by atoms with Gasteiger partial charge in [0.2, 0.25) is 5.75 Å². The molecule has 0 aliphatic carbocycles. The molecule has 0 bridgehead atoms. The van der Waals surface area contributed by atoms with E-state index in [4.69, 9.17) is 5.26 Å². The molecule has 0 spiro atoms. The number of carbonyl (C=O) groups excluding carboxylic acids is 1. The molecule has 0 unspecified atom stereocenters. The summed E-state index contributed by atoms with van der Waals surface area (Å²) in [4.78, 5) is 20.3. The van der Waals surface area contributed by atoms with Gasteiger partial charge in [0.25, 0.3) is 0 Å². The number of hydrogen-bond acceptors (Lipinski definition) is 5. The highest BCUT2D eigenvalue weighted by molar-refractivity contribution is 5.88. The van der Waals surface area contributed by atoms with E-state index in [1.54, 1.807) is 0 Å². The number of nitriles is 1. The molecule has 0 aliphatic rings. The number of nitro groups is 1. The highest BCUT2D eigenvalue weighted by Crippen LogP contribution is 2.25. The molecular weight excluding hydrogens is 188 g/mol. The highest BCUT2D eigenvalue weighted by Gasteiger charge is 2.16. The van der Waals surface area contributed by atoms with E-state index < -0.39 is 10.9 Å². The number of rotatable bonds is 2. The van der Waals surface area contributed by atoms with E-state index in [1.807, 2.05) is 0 Å². The van der Waals surface area contributed by atoms with Gasteiger partial charge in [0.15, 0.2) is 6.07 Å². The zero-order valence-electron chi connectivity index (χ0n) is 6.84. The van der Waals surface area contributed by atoms with E-state index in [0.29, 0.717) is 0 Å². The van der Waals surface area contributed by atoms with Crippen LogP contribution in [0.25, 0.3) is 0 Å². The van der Waals surface area contributed by atoms with Gasteiger partial charge in [-0.3, -0.25) is 10.1 Å². The summed E-state index contributed by atoms with van der Waals surface area (Å²) in [5.74, 6) is -1.41. The van der Waals surface area contributed by atoms with Gasteiger partial charge in [-0.25, -0.2) is 4.79 Å². The van der Waals surface area contributed by atoms with Crippen molar-refractivity contribution in [3.8, 4) is 11.8 Å².